The molecule has 0 saturated heterocycles. The zero-order chi connectivity index (χ0) is 7.56. The Kier molecular flexibility index (Phi) is 2.84. The lowest BCUT2D eigenvalue weighted by Gasteiger charge is -2.21. The van der Waals surface area contributed by atoms with Gasteiger partial charge in [-0.2, -0.15) is 0 Å². The van der Waals surface area contributed by atoms with Crippen LogP contribution in [0.1, 0.15) is 33.1 Å². The van der Waals surface area contributed by atoms with Crippen LogP contribution in [-0.4, -0.2) is 6.26 Å². The quantitative estimate of drug-likeness (QED) is 0.560. The molecule has 0 bridgehead atoms. The zero-order valence-electron chi connectivity index (χ0n) is 7.11. The molecule has 0 N–H and O–H groups in total. The molecule has 58 valence electrons. The van der Waals surface area contributed by atoms with Gasteiger partial charge in [0.05, 0.1) is 0 Å². The Hall–Kier alpha value is 0.0900. The summed E-state index contributed by atoms with van der Waals surface area (Å²) in [6.45, 7) is 4.63. The number of thioether (sulfide) groups is 1. The van der Waals surface area contributed by atoms with Gasteiger partial charge >= 0.3 is 0 Å². The molecule has 0 aromatic heterocycles. The summed E-state index contributed by atoms with van der Waals surface area (Å²) in [6, 6.07) is 0. The van der Waals surface area contributed by atoms with Crippen LogP contribution in [0, 0.1) is 5.92 Å². The largest absolute Gasteiger partial charge is 0.134 e. The predicted octanol–water partition coefficient (Wildman–Crippen LogP) is 3.44. The molecule has 0 radical (unpaired) electrons. The molecule has 0 fully saturated rings. The summed E-state index contributed by atoms with van der Waals surface area (Å²) in [7, 11) is 0. The lowest BCUT2D eigenvalue weighted by atomic mass is 9.92. The van der Waals surface area contributed by atoms with E-state index in [4.69, 9.17) is 0 Å². The fraction of sp³-hybridized carbons (Fsp3) is 0.778. The van der Waals surface area contributed by atoms with Crippen molar-refractivity contribution in [1.82, 2.24) is 0 Å². The van der Waals surface area contributed by atoms with E-state index >= 15 is 0 Å². The van der Waals surface area contributed by atoms with Crippen LogP contribution >= 0.6 is 11.8 Å². The highest BCUT2D eigenvalue weighted by atomic mass is 32.2. The average Bonchev–Trinajstić information content (AvgIpc) is 1.94. The molecule has 1 rings (SSSR count). The molecule has 1 unspecified atom stereocenters. The highest BCUT2D eigenvalue weighted by molar-refractivity contribution is 8.02. The van der Waals surface area contributed by atoms with E-state index in [1.807, 2.05) is 11.8 Å². The van der Waals surface area contributed by atoms with E-state index in [0.717, 1.165) is 5.92 Å². The maximum atomic E-state index is 2.35. The van der Waals surface area contributed by atoms with Crippen LogP contribution in [0.25, 0.3) is 0 Å². The van der Waals surface area contributed by atoms with Crippen molar-refractivity contribution in [3.8, 4) is 0 Å². The van der Waals surface area contributed by atoms with Gasteiger partial charge in [-0.25, -0.2) is 0 Å². The highest BCUT2D eigenvalue weighted by Crippen LogP contribution is 2.34. The molecule has 0 heterocycles. The predicted molar refractivity (Wildman–Crippen MR) is 49.2 cm³/mol. The lowest BCUT2D eigenvalue weighted by molar-refractivity contribution is 0.509. The van der Waals surface area contributed by atoms with E-state index in [2.05, 4.69) is 20.1 Å². The van der Waals surface area contributed by atoms with Gasteiger partial charge in [0.2, 0.25) is 0 Å². The lowest BCUT2D eigenvalue weighted by Crippen LogP contribution is -2.03. The van der Waals surface area contributed by atoms with Crippen molar-refractivity contribution in [2.24, 2.45) is 5.92 Å². The van der Waals surface area contributed by atoms with Crippen molar-refractivity contribution in [3.05, 3.63) is 10.5 Å². The van der Waals surface area contributed by atoms with Gasteiger partial charge in [0.25, 0.3) is 0 Å². The minimum absolute atomic E-state index is 0.922. The van der Waals surface area contributed by atoms with Crippen LogP contribution in [0.4, 0.5) is 0 Å². The van der Waals surface area contributed by atoms with Crippen LogP contribution in [-0.2, 0) is 0 Å². The van der Waals surface area contributed by atoms with Gasteiger partial charge in [-0.1, -0.05) is 12.5 Å². The smallest absolute Gasteiger partial charge is 0.0140 e. The zero-order valence-corrected chi connectivity index (χ0v) is 7.92. The van der Waals surface area contributed by atoms with Crippen molar-refractivity contribution in [2.45, 2.75) is 33.1 Å². The number of rotatable bonds is 1. The molecular formula is C9H16S. The maximum Gasteiger partial charge on any atom is -0.0140 e. The molecule has 1 atom stereocenters. The summed E-state index contributed by atoms with van der Waals surface area (Å²) in [5.74, 6) is 0.922. The average molecular weight is 156 g/mol. The normalized spacial score (nSPS) is 27.3. The first-order valence-electron chi connectivity index (χ1n) is 3.96. The first kappa shape index (κ1) is 8.19. The van der Waals surface area contributed by atoms with Gasteiger partial charge in [-0.15, -0.1) is 11.8 Å². The van der Waals surface area contributed by atoms with Gasteiger partial charge in [0.15, 0.2) is 0 Å². The maximum absolute atomic E-state index is 2.35. The minimum atomic E-state index is 0.922. The van der Waals surface area contributed by atoms with Gasteiger partial charge in [0.1, 0.15) is 0 Å². The molecule has 0 aliphatic heterocycles. The van der Waals surface area contributed by atoms with E-state index in [1.54, 1.807) is 10.5 Å². The van der Waals surface area contributed by atoms with E-state index in [0.29, 0.717) is 0 Å². The second-order valence-corrected chi connectivity index (χ2v) is 4.16. The van der Waals surface area contributed by atoms with Crippen molar-refractivity contribution in [2.75, 3.05) is 6.26 Å². The van der Waals surface area contributed by atoms with Crippen LogP contribution in [0.15, 0.2) is 10.5 Å². The Bertz CT molecular complexity index is 147. The van der Waals surface area contributed by atoms with Crippen LogP contribution in [0.5, 0.6) is 0 Å². The molecule has 1 aliphatic rings. The van der Waals surface area contributed by atoms with Gasteiger partial charge in [0, 0.05) is 0 Å². The van der Waals surface area contributed by atoms with Crippen molar-refractivity contribution >= 4 is 11.8 Å². The van der Waals surface area contributed by atoms with Gasteiger partial charge < -0.3 is 0 Å². The fourth-order valence-electron chi connectivity index (χ4n) is 1.45. The fourth-order valence-corrected chi connectivity index (χ4v) is 2.35. The highest BCUT2D eigenvalue weighted by Gasteiger charge is 2.13. The monoisotopic (exact) mass is 156 g/mol. The SMILES string of the molecule is CSC1=C(C)CCC(C)C1. The third-order valence-corrected chi connectivity index (χ3v) is 3.28. The molecule has 0 amide bonds. The van der Waals surface area contributed by atoms with Crippen LogP contribution < -0.4 is 0 Å². The summed E-state index contributed by atoms with van der Waals surface area (Å²) >= 11 is 1.94. The Morgan fingerprint density at radius 1 is 1.50 bits per heavy atom. The third-order valence-electron chi connectivity index (χ3n) is 2.27. The number of hydrogen-bond acceptors (Lipinski definition) is 1. The Labute approximate surface area is 68.1 Å². The minimum Gasteiger partial charge on any atom is -0.134 e. The molecule has 1 aliphatic carbocycles. The summed E-state index contributed by atoms with van der Waals surface area (Å²) in [6.07, 6.45) is 6.25. The van der Waals surface area contributed by atoms with E-state index < -0.39 is 0 Å². The first-order valence-corrected chi connectivity index (χ1v) is 5.19. The molecule has 0 aromatic carbocycles. The second-order valence-electron chi connectivity index (χ2n) is 3.26. The first-order chi connectivity index (χ1) is 4.74. The van der Waals surface area contributed by atoms with Crippen LogP contribution in [0.3, 0.4) is 0 Å². The summed E-state index contributed by atoms with van der Waals surface area (Å²) in [5.41, 5.74) is 1.63. The molecule has 0 nitrogen and oxygen atoms in total. The van der Waals surface area contributed by atoms with Gasteiger partial charge in [-0.05, 0) is 43.3 Å². The molecular weight excluding hydrogens is 140 g/mol. The van der Waals surface area contributed by atoms with Crippen molar-refractivity contribution in [1.29, 1.82) is 0 Å². The molecule has 0 spiro atoms. The van der Waals surface area contributed by atoms with E-state index in [1.165, 1.54) is 19.3 Å². The van der Waals surface area contributed by atoms with Crippen LogP contribution in [0.2, 0.25) is 0 Å². The van der Waals surface area contributed by atoms with Gasteiger partial charge in [-0.3, -0.25) is 0 Å². The molecule has 1 heteroatoms. The third kappa shape index (κ3) is 1.79. The van der Waals surface area contributed by atoms with E-state index in [-0.39, 0.29) is 0 Å². The molecule has 10 heavy (non-hydrogen) atoms. The Balaban J connectivity index is 2.62. The molecule has 0 aromatic rings. The summed E-state index contributed by atoms with van der Waals surface area (Å²) in [4.78, 5) is 1.64. The van der Waals surface area contributed by atoms with Crippen molar-refractivity contribution < 1.29 is 0 Å². The second kappa shape index (κ2) is 3.47. The molecule has 0 saturated carbocycles. The topological polar surface area (TPSA) is 0 Å². The number of allylic oxidation sites excluding steroid dienone is 2. The standard InChI is InChI=1S/C9H16S/c1-7-4-5-8(2)9(6-7)10-3/h7H,4-6H2,1-3H3. The summed E-state index contributed by atoms with van der Waals surface area (Å²) < 4.78 is 0. The number of hydrogen-bond donors (Lipinski definition) is 0. The Morgan fingerprint density at radius 2 is 2.20 bits per heavy atom. The summed E-state index contributed by atoms with van der Waals surface area (Å²) in [5, 5.41) is 0. The van der Waals surface area contributed by atoms with E-state index in [9.17, 15) is 0 Å². The van der Waals surface area contributed by atoms with Crippen molar-refractivity contribution in [3.63, 3.8) is 0 Å². The Morgan fingerprint density at radius 3 is 2.70 bits per heavy atom.